The monoisotopic (exact) mass is 555 g/mol. The lowest BCUT2D eigenvalue weighted by molar-refractivity contribution is -0.748. The van der Waals surface area contributed by atoms with Crippen molar-refractivity contribution < 1.29 is 4.57 Å². The van der Waals surface area contributed by atoms with E-state index in [9.17, 15) is 0 Å². The smallest absolute Gasteiger partial charge is 0.223 e. The van der Waals surface area contributed by atoms with E-state index in [-0.39, 0.29) is 11.0 Å². The molecule has 7 rings (SSSR count). The van der Waals surface area contributed by atoms with Crippen LogP contribution in [0.4, 0.5) is 0 Å². The Bertz CT molecular complexity index is 1960. The molecule has 206 valence electrons. The third-order valence-electron chi connectivity index (χ3n) is 10.0. The van der Waals surface area contributed by atoms with Crippen molar-refractivity contribution in [1.29, 1.82) is 0 Å². The summed E-state index contributed by atoms with van der Waals surface area (Å²) in [5, 5.41) is 6.19. The van der Waals surface area contributed by atoms with Crippen molar-refractivity contribution in [3.05, 3.63) is 108 Å². The van der Waals surface area contributed by atoms with Gasteiger partial charge >= 0.3 is 0 Å². The van der Waals surface area contributed by atoms with Crippen LogP contribution in [0.2, 0.25) is 0 Å². The Morgan fingerprint density at radius 1 is 0.927 bits per heavy atom. The summed E-state index contributed by atoms with van der Waals surface area (Å²) < 4.78 is 5.23. The number of hydrogen-bond donors (Lipinski definition) is 0. The zero-order chi connectivity index (χ0) is 28.5. The Hall–Kier alpha value is -3.69. The largest absolute Gasteiger partial charge is 0.296 e. The predicted octanol–water partition coefficient (Wildman–Crippen LogP) is 10.1. The molecule has 2 nitrogen and oxygen atoms in total. The van der Waals surface area contributed by atoms with Crippen molar-refractivity contribution in [3.63, 3.8) is 0 Å². The van der Waals surface area contributed by atoms with E-state index in [1.165, 1.54) is 60.1 Å². The number of thiophene rings is 1. The first-order valence-corrected chi connectivity index (χ1v) is 16.0. The zero-order valence-corrected chi connectivity index (χ0v) is 25.7. The summed E-state index contributed by atoms with van der Waals surface area (Å²) in [4.78, 5) is 1.32. The van der Waals surface area contributed by atoms with E-state index in [1.54, 1.807) is 0 Å². The Labute approximate surface area is 247 Å². The molecule has 0 radical (unpaired) electrons. The number of pyridine rings is 1. The maximum Gasteiger partial charge on any atom is 0.296 e. The standard InChI is InChI=1S/C38H39N2S/c1-7-37(6)38(8-2,9-3)30-19-13-17-28-27-16-10-11-20-31(27)40-32(24-39(37)36(40)35(28)30)34-26(23-25(4)5)15-12-18-29(34)33-21-14-22-41-33/h8,10-22,24-25H,2,7,9,23H2,1,3-6H3/q+1. The number of rotatable bonds is 7. The fourth-order valence-corrected chi connectivity index (χ4v) is 8.72. The lowest BCUT2D eigenvalue weighted by Crippen LogP contribution is -2.66. The molecule has 0 N–H and O–H groups in total. The second kappa shape index (κ2) is 9.42. The average Bonchev–Trinajstić information content (AvgIpc) is 3.67. The third-order valence-corrected chi connectivity index (χ3v) is 10.9. The SMILES string of the molecule is C=CC1(CC)c2cccc3c4ccccc4n4c(-c5c(CC(C)C)cccc5-c5cccs5)c[n+](c4c23)C1(C)CC. The number of fused-ring (bicyclic) bond motifs is 3. The van der Waals surface area contributed by atoms with Gasteiger partial charge in [0.25, 0.3) is 5.65 Å². The first kappa shape index (κ1) is 26.2. The van der Waals surface area contributed by atoms with Gasteiger partial charge in [-0.1, -0.05) is 94.4 Å². The Kier molecular flexibility index (Phi) is 6.03. The lowest BCUT2D eigenvalue weighted by Gasteiger charge is -2.47. The molecule has 3 aromatic carbocycles. The molecule has 0 saturated carbocycles. The first-order valence-electron chi connectivity index (χ1n) is 15.1. The highest BCUT2D eigenvalue weighted by Gasteiger charge is 2.55. The molecule has 0 fully saturated rings. The minimum atomic E-state index is -0.186. The Balaban J connectivity index is 1.75. The first-order chi connectivity index (χ1) is 19.9. The molecule has 1 aliphatic heterocycles. The normalized spacial score (nSPS) is 20.1. The lowest BCUT2D eigenvalue weighted by atomic mass is 9.60. The van der Waals surface area contributed by atoms with E-state index >= 15 is 0 Å². The van der Waals surface area contributed by atoms with Crippen LogP contribution in [0.1, 0.15) is 58.6 Å². The Morgan fingerprint density at radius 2 is 1.71 bits per heavy atom. The van der Waals surface area contributed by atoms with Gasteiger partial charge in [0.05, 0.1) is 10.8 Å². The summed E-state index contributed by atoms with van der Waals surface area (Å²) in [6.45, 7) is 16.3. The molecule has 3 heteroatoms. The van der Waals surface area contributed by atoms with Crippen LogP contribution in [-0.2, 0) is 17.4 Å². The quantitative estimate of drug-likeness (QED) is 0.105. The minimum absolute atomic E-state index is 0.174. The highest BCUT2D eigenvalue weighted by molar-refractivity contribution is 7.13. The molecule has 2 unspecified atom stereocenters. The van der Waals surface area contributed by atoms with Gasteiger partial charge < -0.3 is 0 Å². The van der Waals surface area contributed by atoms with E-state index in [2.05, 4.69) is 141 Å². The van der Waals surface area contributed by atoms with Crippen LogP contribution in [0.3, 0.4) is 0 Å². The molecule has 41 heavy (non-hydrogen) atoms. The van der Waals surface area contributed by atoms with Gasteiger partial charge in [-0.15, -0.1) is 17.9 Å². The zero-order valence-electron chi connectivity index (χ0n) is 24.9. The number of hydrogen-bond acceptors (Lipinski definition) is 1. The summed E-state index contributed by atoms with van der Waals surface area (Å²) >= 11 is 1.83. The van der Waals surface area contributed by atoms with Crippen LogP contribution >= 0.6 is 11.3 Å². The van der Waals surface area contributed by atoms with E-state index in [4.69, 9.17) is 0 Å². The van der Waals surface area contributed by atoms with Gasteiger partial charge in [-0.05, 0) is 60.7 Å². The molecule has 0 amide bonds. The number of nitrogens with zero attached hydrogens (tertiary/aromatic N) is 2. The molecule has 0 bridgehead atoms. The van der Waals surface area contributed by atoms with E-state index in [0.29, 0.717) is 5.92 Å². The molecule has 0 saturated heterocycles. The fourth-order valence-electron chi connectivity index (χ4n) is 7.96. The molecule has 1 aliphatic rings. The predicted molar refractivity (Wildman–Crippen MR) is 176 cm³/mol. The maximum absolute atomic E-state index is 4.50. The molecule has 4 heterocycles. The van der Waals surface area contributed by atoms with Crippen LogP contribution in [0, 0.1) is 5.92 Å². The highest BCUT2D eigenvalue weighted by atomic mass is 32.1. The molecular weight excluding hydrogens is 516 g/mol. The van der Waals surface area contributed by atoms with Crippen LogP contribution < -0.4 is 4.57 Å². The number of allylic oxidation sites excluding steroid dienone is 1. The van der Waals surface area contributed by atoms with Crippen molar-refractivity contribution in [1.82, 2.24) is 4.40 Å². The number of para-hydroxylation sites is 1. The summed E-state index contributed by atoms with van der Waals surface area (Å²) in [6.07, 6.45) is 7.78. The van der Waals surface area contributed by atoms with Gasteiger partial charge in [0.15, 0.2) is 5.69 Å². The van der Waals surface area contributed by atoms with Crippen molar-refractivity contribution in [2.45, 2.75) is 64.8 Å². The van der Waals surface area contributed by atoms with Crippen LogP contribution in [0.5, 0.6) is 0 Å². The molecule has 0 spiro atoms. The second-order valence-electron chi connectivity index (χ2n) is 12.4. The topological polar surface area (TPSA) is 8.29 Å². The van der Waals surface area contributed by atoms with E-state index in [0.717, 1.165) is 19.3 Å². The van der Waals surface area contributed by atoms with Crippen molar-refractivity contribution in [3.8, 4) is 21.7 Å². The highest BCUT2D eigenvalue weighted by Crippen LogP contribution is 2.52. The van der Waals surface area contributed by atoms with Crippen molar-refractivity contribution in [2.75, 3.05) is 0 Å². The summed E-state index contributed by atoms with van der Waals surface area (Å²) in [5.41, 5.74) is 8.99. The van der Waals surface area contributed by atoms with Gasteiger partial charge in [0.2, 0.25) is 0 Å². The van der Waals surface area contributed by atoms with Gasteiger partial charge in [-0.25, -0.2) is 4.57 Å². The summed E-state index contributed by atoms with van der Waals surface area (Å²) in [7, 11) is 0. The maximum atomic E-state index is 4.50. The van der Waals surface area contributed by atoms with E-state index < -0.39 is 0 Å². The molecule has 6 aromatic rings. The molecule has 0 aliphatic carbocycles. The van der Waals surface area contributed by atoms with Gasteiger partial charge in [0.1, 0.15) is 17.3 Å². The van der Waals surface area contributed by atoms with Gasteiger partial charge in [-0.2, -0.15) is 4.40 Å². The average molecular weight is 556 g/mol. The van der Waals surface area contributed by atoms with Crippen LogP contribution in [0.15, 0.2) is 97.0 Å². The minimum Gasteiger partial charge on any atom is -0.223 e. The number of benzene rings is 3. The molecule has 3 aromatic heterocycles. The number of imidazole rings is 1. The van der Waals surface area contributed by atoms with E-state index in [1.807, 2.05) is 11.3 Å². The van der Waals surface area contributed by atoms with Crippen LogP contribution in [0.25, 0.3) is 49.0 Å². The molecular formula is C38H39N2S+. The fraction of sp³-hybridized carbons (Fsp3) is 0.289. The number of aromatic nitrogens is 2. The van der Waals surface area contributed by atoms with Gasteiger partial charge in [-0.3, -0.25) is 0 Å². The Morgan fingerprint density at radius 3 is 2.41 bits per heavy atom. The summed E-state index contributed by atoms with van der Waals surface area (Å²) in [6, 6.07) is 27.3. The molecule has 2 atom stereocenters. The summed E-state index contributed by atoms with van der Waals surface area (Å²) in [5.74, 6) is 0.556. The van der Waals surface area contributed by atoms with Crippen LogP contribution in [-0.4, -0.2) is 4.40 Å². The van der Waals surface area contributed by atoms with Gasteiger partial charge in [0, 0.05) is 26.8 Å². The second-order valence-corrected chi connectivity index (χ2v) is 13.3. The third kappa shape index (κ3) is 3.39. The van der Waals surface area contributed by atoms with Crippen molar-refractivity contribution >= 4 is 38.7 Å². The van der Waals surface area contributed by atoms with Crippen molar-refractivity contribution in [2.24, 2.45) is 5.92 Å².